The van der Waals surface area contributed by atoms with Gasteiger partial charge in [0.1, 0.15) is 0 Å². The first-order valence-electron chi connectivity index (χ1n) is 5.40. The van der Waals surface area contributed by atoms with Gasteiger partial charge in [0.2, 0.25) is 0 Å². The fourth-order valence-corrected chi connectivity index (χ4v) is 2.82. The minimum absolute atomic E-state index is 1.03. The Bertz CT molecular complexity index is 656. The van der Waals surface area contributed by atoms with Crippen molar-refractivity contribution >= 4 is 37.6 Å². The van der Waals surface area contributed by atoms with Crippen LogP contribution in [0.5, 0.6) is 0 Å². The second-order valence-electron chi connectivity index (χ2n) is 3.96. The molecule has 0 spiro atoms. The number of rotatable bonds is 1. The third-order valence-corrected chi connectivity index (χ3v) is 3.74. The zero-order valence-electron chi connectivity index (χ0n) is 8.85. The molecule has 0 unspecified atom stereocenters. The Morgan fingerprint density at radius 3 is 2.38 bits per heavy atom. The SMILES string of the molecule is [SeH]Cc1cccc2ccc3ccccc3c12. The summed E-state index contributed by atoms with van der Waals surface area (Å²) in [6, 6.07) is 19.6. The van der Waals surface area contributed by atoms with Crippen molar-refractivity contribution < 1.29 is 0 Å². The maximum atomic E-state index is 2.67. The zero-order chi connectivity index (χ0) is 11.0. The molecule has 0 amide bonds. The Hall–Kier alpha value is -1.30. The van der Waals surface area contributed by atoms with Gasteiger partial charge in [-0.05, 0) is 0 Å². The van der Waals surface area contributed by atoms with E-state index in [9.17, 15) is 0 Å². The van der Waals surface area contributed by atoms with Gasteiger partial charge >= 0.3 is 103 Å². The summed E-state index contributed by atoms with van der Waals surface area (Å²) in [5.41, 5.74) is 1.41. The first-order chi connectivity index (χ1) is 7.90. The normalized spacial score (nSPS) is 11.1. The fraction of sp³-hybridized carbons (Fsp3) is 0.0667. The first kappa shape index (κ1) is 9.89. The predicted molar refractivity (Wildman–Crippen MR) is 72.3 cm³/mol. The van der Waals surface area contributed by atoms with Gasteiger partial charge < -0.3 is 0 Å². The third-order valence-electron chi connectivity index (χ3n) is 3.03. The molecule has 0 aliphatic heterocycles. The second-order valence-corrected chi connectivity index (χ2v) is 4.62. The molecule has 0 N–H and O–H groups in total. The quantitative estimate of drug-likeness (QED) is 0.470. The standard InChI is InChI=1S/C15H12Se/c16-10-13-6-3-5-12-9-8-11-4-1-2-7-14(11)15(12)13/h1-9,16H,10H2. The molecule has 3 aromatic rings. The van der Waals surface area contributed by atoms with Crippen LogP contribution in [0, 0.1) is 0 Å². The number of hydrogen-bond acceptors (Lipinski definition) is 0. The summed E-state index contributed by atoms with van der Waals surface area (Å²) in [4.78, 5) is 0. The number of benzene rings is 3. The van der Waals surface area contributed by atoms with Gasteiger partial charge in [-0.1, -0.05) is 0 Å². The van der Waals surface area contributed by atoms with Crippen LogP contribution in [0.25, 0.3) is 21.5 Å². The maximum absolute atomic E-state index is 2.67. The zero-order valence-corrected chi connectivity index (χ0v) is 10.7. The van der Waals surface area contributed by atoms with E-state index < -0.39 is 0 Å². The molecule has 0 aromatic heterocycles. The van der Waals surface area contributed by atoms with Crippen LogP contribution in [0.2, 0.25) is 0 Å². The van der Waals surface area contributed by atoms with Crippen molar-refractivity contribution in [2.24, 2.45) is 0 Å². The van der Waals surface area contributed by atoms with Crippen LogP contribution in [-0.4, -0.2) is 16.0 Å². The van der Waals surface area contributed by atoms with E-state index in [1.165, 1.54) is 27.1 Å². The summed E-state index contributed by atoms with van der Waals surface area (Å²) in [7, 11) is 0. The molecule has 1 heteroatoms. The summed E-state index contributed by atoms with van der Waals surface area (Å²) in [6.07, 6.45) is 0. The molecule has 0 atom stereocenters. The molecule has 0 fully saturated rings. The molecule has 0 bridgehead atoms. The molecular weight excluding hydrogens is 259 g/mol. The molecule has 3 aromatic carbocycles. The molecule has 0 heterocycles. The van der Waals surface area contributed by atoms with E-state index in [0.29, 0.717) is 0 Å². The third kappa shape index (κ3) is 1.44. The van der Waals surface area contributed by atoms with Gasteiger partial charge in [0, 0.05) is 0 Å². The van der Waals surface area contributed by atoms with Crippen molar-refractivity contribution in [1.29, 1.82) is 0 Å². The van der Waals surface area contributed by atoms with Gasteiger partial charge in [0.05, 0.1) is 0 Å². The van der Waals surface area contributed by atoms with Crippen LogP contribution in [-0.2, 0) is 5.32 Å². The fourth-order valence-electron chi connectivity index (χ4n) is 2.27. The van der Waals surface area contributed by atoms with E-state index in [1.54, 1.807) is 0 Å². The molecule has 0 saturated heterocycles. The van der Waals surface area contributed by atoms with E-state index in [4.69, 9.17) is 0 Å². The summed E-state index contributed by atoms with van der Waals surface area (Å²) in [5, 5.41) is 6.45. The van der Waals surface area contributed by atoms with Gasteiger partial charge in [0.15, 0.2) is 0 Å². The average Bonchev–Trinajstić information content (AvgIpc) is 2.37. The van der Waals surface area contributed by atoms with Crippen molar-refractivity contribution in [2.45, 2.75) is 5.32 Å². The Labute approximate surface area is 103 Å². The Kier molecular flexibility index (Phi) is 2.43. The molecule has 0 nitrogen and oxygen atoms in total. The predicted octanol–water partition coefficient (Wildman–Crippen LogP) is 3.39. The van der Waals surface area contributed by atoms with Crippen molar-refractivity contribution in [3.05, 3.63) is 60.2 Å². The van der Waals surface area contributed by atoms with E-state index in [2.05, 4.69) is 70.6 Å². The number of hydrogen-bond donors (Lipinski definition) is 0. The Balaban J connectivity index is 2.57. The van der Waals surface area contributed by atoms with Gasteiger partial charge in [-0.3, -0.25) is 0 Å². The van der Waals surface area contributed by atoms with Gasteiger partial charge in [0.25, 0.3) is 0 Å². The van der Waals surface area contributed by atoms with Crippen LogP contribution in [0.4, 0.5) is 0 Å². The Morgan fingerprint density at radius 1 is 0.750 bits per heavy atom. The van der Waals surface area contributed by atoms with Crippen LogP contribution in [0.3, 0.4) is 0 Å². The van der Waals surface area contributed by atoms with Crippen molar-refractivity contribution in [3.8, 4) is 0 Å². The molecule has 0 saturated carbocycles. The van der Waals surface area contributed by atoms with Crippen molar-refractivity contribution in [1.82, 2.24) is 0 Å². The Morgan fingerprint density at radius 2 is 1.50 bits per heavy atom. The van der Waals surface area contributed by atoms with Crippen LogP contribution in [0.1, 0.15) is 5.56 Å². The monoisotopic (exact) mass is 272 g/mol. The minimum atomic E-state index is 1.03. The molecule has 3 rings (SSSR count). The molecule has 16 heavy (non-hydrogen) atoms. The summed E-state index contributed by atoms with van der Waals surface area (Å²) >= 11 is 2.67. The van der Waals surface area contributed by atoms with Crippen LogP contribution in [0.15, 0.2) is 54.6 Å². The first-order valence-corrected chi connectivity index (χ1v) is 6.73. The molecule has 0 aliphatic rings. The molecule has 0 aliphatic carbocycles. The molecule has 78 valence electrons. The van der Waals surface area contributed by atoms with E-state index in [0.717, 1.165) is 5.32 Å². The van der Waals surface area contributed by atoms with Gasteiger partial charge in [-0.15, -0.1) is 0 Å². The second kappa shape index (κ2) is 3.93. The molecular formula is C15H12Se. The van der Waals surface area contributed by atoms with E-state index in [1.807, 2.05) is 0 Å². The summed E-state index contributed by atoms with van der Waals surface area (Å²) in [6.45, 7) is 0. The van der Waals surface area contributed by atoms with E-state index >= 15 is 0 Å². The summed E-state index contributed by atoms with van der Waals surface area (Å²) < 4.78 is 0. The molecule has 0 radical (unpaired) electrons. The van der Waals surface area contributed by atoms with Crippen molar-refractivity contribution in [2.75, 3.05) is 0 Å². The number of fused-ring (bicyclic) bond motifs is 3. The summed E-state index contributed by atoms with van der Waals surface area (Å²) in [5.74, 6) is 0. The van der Waals surface area contributed by atoms with Crippen LogP contribution < -0.4 is 0 Å². The van der Waals surface area contributed by atoms with Gasteiger partial charge in [-0.2, -0.15) is 0 Å². The average molecular weight is 271 g/mol. The topological polar surface area (TPSA) is 0 Å². The van der Waals surface area contributed by atoms with Crippen molar-refractivity contribution in [3.63, 3.8) is 0 Å². The van der Waals surface area contributed by atoms with Gasteiger partial charge in [-0.25, -0.2) is 0 Å². The van der Waals surface area contributed by atoms with E-state index in [-0.39, 0.29) is 0 Å². The van der Waals surface area contributed by atoms with Crippen LogP contribution >= 0.6 is 0 Å².